The Hall–Kier alpha value is -3.97. The molecule has 3 aromatic carbocycles. The number of anilines is 1. The minimum Gasteiger partial charge on any atom is -0.455 e. The predicted octanol–water partition coefficient (Wildman–Crippen LogP) is 5.42. The molecule has 172 valence electrons. The fraction of sp³-hybridized carbons (Fsp3) is 0.111. The summed E-state index contributed by atoms with van der Waals surface area (Å²) in [5.74, 6) is 1.09. The Bertz CT molecular complexity index is 1340. The van der Waals surface area contributed by atoms with E-state index in [-0.39, 0.29) is 17.1 Å². The molecule has 1 aromatic heterocycles. The maximum atomic E-state index is 13.0. The Labute approximate surface area is 199 Å². The molecule has 0 unspecified atom stereocenters. The van der Waals surface area contributed by atoms with E-state index >= 15 is 0 Å². The molecule has 7 heteroatoms. The zero-order chi connectivity index (χ0) is 23.8. The number of aromatic nitrogens is 1. The van der Waals surface area contributed by atoms with Crippen molar-refractivity contribution < 1.29 is 17.9 Å². The first-order chi connectivity index (χ1) is 16.5. The maximum absolute atomic E-state index is 13.0. The van der Waals surface area contributed by atoms with E-state index in [1.54, 1.807) is 60.9 Å². The number of pyridine rings is 1. The quantitative estimate of drug-likeness (QED) is 0.333. The van der Waals surface area contributed by atoms with Crippen molar-refractivity contribution >= 4 is 21.5 Å². The number of nitrogens with zero attached hydrogens (tertiary/aromatic N) is 1. The number of Topliss-reactive ketones (excluding diaryl/α,β-unsaturated/α-hetero) is 1. The van der Waals surface area contributed by atoms with E-state index < -0.39 is 10.0 Å². The summed E-state index contributed by atoms with van der Waals surface area (Å²) in [5.41, 5.74) is 2.11. The number of benzene rings is 3. The van der Waals surface area contributed by atoms with Gasteiger partial charge in [0.05, 0.1) is 10.6 Å². The Morgan fingerprint density at radius 2 is 1.56 bits per heavy atom. The number of ketones is 1. The normalized spacial score (nSPS) is 11.1. The van der Waals surface area contributed by atoms with Crippen molar-refractivity contribution in [2.75, 3.05) is 4.72 Å². The SMILES string of the molecule is O=C(CCc1cccnc1)Cc1ccc(S(=O)(=O)Nc2ccccc2Oc2ccccc2)cc1. The van der Waals surface area contributed by atoms with Crippen molar-refractivity contribution in [1.82, 2.24) is 4.98 Å². The summed E-state index contributed by atoms with van der Waals surface area (Å²) < 4.78 is 34.4. The molecule has 0 aliphatic rings. The molecule has 34 heavy (non-hydrogen) atoms. The van der Waals surface area contributed by atoms with Gasteiger partial charge in [-0.1, -0.05) is 48.5 Å². The van der Waals surface area contributed by atoms with Gasteiger partial charge < -0.3 is 4.74 Å². The van der Waals surface area contributed by atoms with Crippen LogP contribution in [0.1, 0.15) is 17.5 Å². The van der Waals surface area contributed by atoms with E-state index in [1.165, 1.54) is 12.1 Å². The zero-order valence-electron chi connectivity index (χ0n) is 18.4. The van der Waals surface area contributed by atoms with Gasteiger partial charge in [0.1, 0.15) is 11.5 Å². The number of hydrogen-bond acceptors (Lipinski definition) is 5. The second-order valence-electron chi connectivity index (χ2n) is 7.74. The summed E-state index contributed by atoms with van der Waals surface area (Å²) in [6, 6.07) is 26.1. The van der Waals surface area contributed by atoms with Crippen LogP contribution in [0.15, 0.2) is 108 Å². The van der Waals surface area contributed by atoms with E-state index in [0.29, 0.717) is 30.0 Å². The highest BCUT2D eigenvalue weighted by molar-refractivity contribution is 7.92. The molecule has 0 radical (unpaired) electrons. The van der Waals surface area contributed by atoms with Crippen LogP contribution in [-0.4, -0.2) is 19.2 Å². The van der Waals surface area contributed by atoms with E-state index in [1.807, 2.05) is 30.3 Å². The monoisotopic (exact) mass is 472 g/mol. The molecule has 0 aliphatic carbocycles. The Morgan fingerprint density at radius 1 is 0.824 bits per heavy atom. The Balaban J connectivity index is 1.40. The number of nitrogens with one attached hydrogen (secondary N) is 1. The van der Waals surface area contributed by atoms with Crippen LogP contribution in [0.25, 0.3) is 0 Å². The smallest absolute Gasteiger partial charge is 0.262 e. The molecule has 0 aliphatic heterocycles. The molecule has 0 atom stereocenters. The van der Waals surface area contributed by atoms with Crippen molar-refractivity contribution in [3.63, 3.8) is 0 Å². The third-order valence-electron chi connectivity index (χ3n) is 5.15. The highest BCUT2D eigenvalue weighted by atomic mass is 32.2. The molecule has 0 fully saturated rings. The fourth-order valence-corrected chi connectivity index (χ4v) is 4.46. The first-order valence-electron chi connectivity index (χ1n) is 10.8. The molecule has 0 saturated carbocycles. The van der Waals surface area contributed by atoms with Gasteiger partial charge in [-0.25, -0.2) is 8.42 Å². The van der Waals surface area contributed by atoms with Crippen LogP contribution in [-0.2, 0) is 27.7 Å². The molecule has 1 N–H and O–H groups in total. The summed E-state index contributed by atoms with van der Waals surface area (Å²) in [7, 11) is -3.84. The van der Waals surface area contributed by atoms with Crippen LogP contribution >= 0.6 is 0 Å². The van der Waals surface area contributed by atoms with Gasteiger partial charge >= 0.3 is 0 Å². The number of rotatable bonds is 10. The van der Waals surface area contributed by atoms with Crippen LogP contribution < -0.4 is 9.46 Å². The molecule has 1 heterocycles. The number of sulfonamides is 1. The summed E-state index contributed by atoms with van der Waals surface area (Å²) >= 11 is 0. The molecule has 0 spiro atoms. The van der Waals surface area contributed by atoms with Gasteiger partial charge in [0.15, 0.2) is 5.75 Å². The van der Waals surface area contributed by atoms with Gasteiger partial charge in [-0.15, -0.1) is 0 Å². The van der Waals surface area contributed by atoms with Crippen molar-refractivity contribution in [1.29, 1.82) is 0 Å². The maximum Gasteiger partial charge on any atom is 0.262 e. The number of ether oxygens (including phenoxy) is 1. The molecule has 6 nitrogen and oxygen atoms in total. The van der Waals surface area contributed by atoms with Crippen LogP contribution in [0.3, 0.4) is 0 Å². The highest BCUT2D eigenvalue weighted by Gasteiger charge is 2.17. The molecular formula is C27H24N2O4S. The average molecular weight is 473 g/mol. The topological polar surface area (TPSA) is 85.4 Å². The van der Waals surface area contributed by atoms with Crippen molar-refractivity contribution in [2.24, 2.45) is 0 Å². The van der Waals surface area contributed by atoms with Crippen LogP contribution in [0.4, 0.5) is 5.69 Å². The number of aryl methyl sites for hydroxylation is 1. The van der Waals surface area contributed by atoms with Crippen LogP contribution in [0.5, 0.6) is 11.5 Å². The minimum atomic E-state index is -3.84. The lowest BCUT2D eigenvalue weighted by molar-refractivity contribution is -0.118. The molecule has 4 rings (SSSR count). The minimum absolute atomic E-state index is 0.0876. The average Bonchev–Trinajstić information content (AvgIpc) is 2.85. The molecular weight excluding hydrogens is 448 g/mol. The second kappa shape index (κ2) is 10.8. The predicted molar refractivity (Wildman–Crippen MR) is 131 cm³/mol. The molecule has 0 amide bonds. The van der Waals surface area contributed by atoms with E-state index in [4.69, 9.17) is 4.74 Å². The molecule has 0 bridgehead atoms. The van der Waals surface area contributed by atoms with Gasteiger partial charge in [0.2, 0.25) is 0 Å². The van der Waals surface area contributed by atoms with Crippen LogP contribution in [0.2, 0.25) is 0 Å². The summed E-state index contributed by atoms with van der Waals surface area (Å²) in [6.45, 7) is 0. The van der Waals surface area contributed by atoms with Gasteiger partial charge in [-0.05, 0) is 60.0 Å². The lowest BCUT2D eigenvalue weighted by Crippen LogP contribution is -2.13. The zero-order valence-corrected chi connectivity index (χ0v) is 19.2. The lowest BCUT2D eigenvalue weighted by atomic mass is 10.0. The standard InChI is InChI=1S/C27H24N2O4S/c30-23(15-12-22-7-6-18-28-20-22)19-21-13-16-25(17-14-21)34(31,32)29-26-10-4-5-11-27(26)33-24-8-2-1-3-9-24/h1-11,13-14,16-18,20,29H,12,15,19H2. The van der Waals surface area contributed by atoms with Gasteiger partial charge in [-0.3, -0.25) is 14.5 Å². The number of para-hydroxylation sites is 3. The highest BCUT2D eigenvalue weighted by Crippen LogP contribution is 2.31. The van der Waals surface area contributed by atoms with Gasteiger partial charge in [0, 0.05) is 25.2 Å². The Kier molecular flexibility index (Phi) is 7.34. The summed E-state index contributed by atoms with van der Waals surface area (Å²) in [4.78, 5) is 16.5. The van der Waals surface area contributed by atoms with E-state index in [9.17, 15) is 13.2 Å². The van der Waals surface area contributed by atoms with Crippen LogP contribution in [0, 0.1) is 0 Å². The lowest BCUT2D eigenvalue weighted by Gasteiger charge is -2.13. The first-order valence-corrected chi connectivity index (χ1v) is 12.3. The van der Waals surface area contributed by atoms with Crippen molar-refractivity contribution in [3.8, 4) is 11.5 Å². The largest absolute Gasteiger partial charge is 0.455 e. The third kappa shape index (κ3) is 6.30. The summed E-state index contributed by atoms with van der Waals surface area (Å²) in [6.07, 6.45) is 4.74. The fourth-order valence-electron chi connectivity index (χ4n) is 3.39. The second-order valence-corrected chi connectivity index (χ2v) is 9.42. The molecule has 0 saturated heterocycles. The van der Waals surface area contributed by atoms with Gasteiger partial charge in [-0.2, -0.15) is 0 Å². The number of hydrogen-bond donors (Lipinski definition) is 1. The number of carbonyl (C=O) groups excluding carboxylic acids is 1. The number of carbonyl (C=O) groups is 1. The van der Waals surface area contributed by atoms with Gasteiger partial charge in [0.25, 0.3) is 10.0 Å². The van der Waals surface area contributed by atoms with E-state index in [0.717, 1.165) is 11.1 Å². The third-order valence-corrected chi connectivity index (χ3v) is 6.53. The van der Waals surface area contributed by atoms with Crippen molar-refractivity contribution in [2.45, 2.75) is 24.2 Å². The van der Waals surface area contributed by atoms with E-state index in [2.05, 4.69) is 9.71 Å². The first kappa shape index (κ1) is 23.2. The molecule has 4 aromatic rings. The Morgan fingerprint density at radius 3 is 2.29 bits per heavy atom. The summed E-state index contributed by atoms with van der Waals surface area (Å²) in [5, 5.41) is 0. The van der Waals surface area contributed by atoms with Crippen molar-refractivity contribution in [3.05, 3.63) is 115 Å².